The molecular weight excluding hydrogens is 533 g/mol. The number of carbonyl (C=O) groups excluding carboxylic acids is 1. The molecule has 2 aromatic carbocycles. The van der Waals surface area contributed by atoms with Crippen molar-refractivity contribution in [2.75, 3.05) is 11.5 Å². The van der Waals surface area contributed by atoms with E-state index in [1.165, 1.54) is 6.07 Å². The van der Waals surface area contributed by atoms with Gasteiger partial charge in [-0.05, 0) is 68.0 Å². The molecule has 208 valence electrons. The molecule has 2 heterocycles. The second kappa shape index (κ2) is 12.1. The standard InChI is InChI=1S/C31H30FNO6S/c1-2-3-4-9-30(34)39-27-8-6-5-7-26(27)38-28-14-12-24-23(11-13-25(32)31(24)28)21-10-15-29(33-20-21)37-22-16-18-40(35,36)19-17-22/h5-8,10-11,13,15,20,22,28H,4,9,12,14,16-19H2,1H3/t28-/m1/s1. The molecule has 5 rings (SSSR count). The third-order valence-corrected chi connectivity index (χ3v) is 8.81. The number of halogens is 1. The van der Waals surface area contributed by atoms with Crippen LogP contribution in [0.2, 0.25) is 0 Å². The predicted molar refractivity (Wildman–Crippen MR) is 148 cm³/mol. The summed E-state index contributed by atoms with van der Waals surface area (Å²) in [5.74, 6) is 6.18. The normalized spacial score (nSPS) is 17.8. The molecule has 0 unspecified atom stereocenters. The number of ether oxygens (including phenoxy) is 3. The maximum atomic E-state index is 15.1. The van der Waals surface area contributed by atoms with E-state index >= 15 is 4.39 Å². The van der Waals surface area contributed by atoms with E-state index in [0.29, 0.717) is 49.3 Å². The van der Waals surface area contributed by atoms with Crippen molar-refractivity contribution in [1.29, 1.82) is 0 Å². The summed E-state index contributed by atoms with van der Waals surface area (Å²) in [5, 5.41) is 0. The van der Waals surface area contributed by atoms with Crippen LogP contribution < -0.4 is 14.2 Å². The fourth-order valence-corrected chi connectivity index (χ4v) is 6.52. The SMILES string of the molecule is CC#CCCC(=O)Oc1ccccc1O[C@@H]1CCc2c(-c3ccc(OC4CCS(=O)(=O)CC4)nc3)ccc(F)c21. The number of para-hydroxylation sites is 2. The molecule has 1 aliphatic carbocycles. The summed E-state index contributed by atoms with van der Waals surface area (Å²) in [6.45, 7) is 1.72. The topological polar surface area (TPSA) is 91.8 Å². The Morgan fingerprint density at radius 1 is 1.02 bits per heavy atom. The van der Waals surface area contributed by atoms with Gasteiger partial charge in [0.25, 0.3) is 0 Å². The minimum absolute atomic E-state index is 0.127. The van der Waals surface area contributed by atoms with E-state index in [-0.39, 0.29) is 35.6 Å². The molecule has 1 aliphatic heterocycles. The first-order valence-electron chi connectivity index (χ1n) is 13.3. The summed E-state index contributed by atoms with van der Waals surface area (Å²) in [7, 11) is -2.96. The number of hydrogen-bond donors (Lipinski definition) is 0. The molecule has 9 heteroatoms. The molecule has 0 radical (unpaired) electrons. The van der Waals surface area contributed by atoms with Crippen molar-refractivity contribution in [1.82, 2.24) is 4.98 Å². The quantitative estimate of drug-likeness (QED) is 0.200. The van der Waals surface area contributed by atoms with Gasteiger partial charge in [0.15, 0.2) is 21.3 Å². The summed E-state index contributed by atoms with van der Waals surface area (Å²) in [6, 6.07) is 13.7. The molecule has 40 heavy (non-hydrogen) atoms. The number of carbonyl (C=O) groups is 1. The fourth-order valence-electron chi connectivity index (χ4n) is 5.08. The third-order valence-electron chi connectivity index (χ3n) is 7.09. The van der Waals surface area contributed by atoms with Crippen molar-refractivity contribution >= 4 is 15.8 Å². The van der Waals surface area contributed by atoms with E-state index in [9.17, 15) is 13.2 Å². The number of pyridine rings is 1. The highest BCUT2D eigenvalue weighted by Crippen LogP contribution is 2.43. The van der Waals surface area contributed by atoms with Crippen LogP contribution in [0, 0.1) is 17.7 Å². The van der Waals surface area contributed by atoms with E-state index in [0.717, 1.165) is 16.7 Å². The molecule has 0 amide bonds. The van der Waals surface area contributed by atoms with Gasteiger partial charge < -0.3 is 14.2 Å². The number of benzene rings is 2. The number of nitrogens with zero attached hydrogens (tertiary/aromatic N) is 1. The molecule has 3 aromatic rings. The van der Waals surface area contributed by atoms with Crippen LogP contribution in [-0.4, -0.2) is 37.0 Å². The Morgan fingerprint density at radius 3 is 2.52 bits per heavy atom. The molecule has 0 bridgehead atoms. The monoisotopic (exact) mass is 563 g/mol. The minimum Gasteiger partial charge on any atom is -0.482 e. The summed E-state index contributed by atoms with van der Waals surface area (Å²) < 4.78 is 56.1. The van der Waals surface area contributed by atoms with Crippen molar-refractivity contribution < 1.29 is 31.8 Å². The predicted octanol–water partition coefficient (Wildman–Crippen LogP) is 5.62. The zero-order chi connectivity index (χ0) is 28.1. The van der Waals surface area contributed by atoms with Crippen molar-refractivity contribution in [3.05, 3.63) is 71.7 Å². The highest BCUT2D eigenvalue weighted by atomic mass is 32.2. The van der Waals surface area contributed by atoms with E-state index in [1.54, 1.807) is 49.5 Å². The number of fused-ring (bicyclic) bond motifs is 1. The van der Waals surface area contributed by atoms with Gasteiger partial charge in [-0.3, -0.25) is 4.79 Å². The maximum Gasteiger partial charge on any atom is 0.312 e. The van der Waals surface area contributed by atoms with E-state index in [4.69, 9.17) is 14.2 Å². The van der Waals surface area contributed by atoms with E-state index < -0.39 is 21.9 Å². The van der Waals surface area contributed by atoms with Gasteiger partial charge in [-0.1, -0.05) is 18.2 Å². The average molecular weight is 564 g/mol. The van der Waals surface area contributed by atoms with Crippen LogP contribution >= 0.6 is 0 Å². The van der Waals surface area contributed by atoms with Gasteiger partial charge in [-0.2, -0.15) is 0 Å². The Morgan fingerprint density at radius 2 is 1.80 bits per heavy atom. The third kappa shape index (κ3) is 6.45. The van der Waals surface area contributed by atoms with Gasteiger partial charge in [0, 0.05) is 29.8 Å². The van der Waals surface area contributed by atoms with Crippen LogP contribution in [-0.2, 0) is 21.1 Å². The molecule has 1 atom stereocenters. The molecule has 1 saturated heterocycles. The largest absolute Gasteiger partial charge is 0.482 e. The van der Waals surface area contributed by atoms with Crippen molar-refractivity contribution in [3.8, 4) is 40.3 Å². The first-order chi connectivity index (χ1) is 19.3. The number of sulfone groups is 1. The van der Waals surface area contributed by atoms with Crippen LogP contribution in [0.5, 0.6) is 17.4 Å². The first-order valence-corrected chi connectivity index (χ1v) is 15.2. The zero-order valence-corrected chi connectivity index (χ0v) is 23.0. The van der Waals surface area contributed by atoms with Crippen molar-refractivity contribution in [2.45, 2.75) is 57.7 Å². The molecular formula is C31H30FNO6S. The number of hydrogen-bond acceptors (Lipinski definition) is 7. The molecule has 0 N–H and O–H groups in total. The van der Waals surface area contributed by atoms with Gasteiger partial charge in [0.05, 0.1) is 17.9 Å². The van der Waals surface area contributed by atoms with Crippen LogP contribution in [0.25, 0.3) is 11.1 Å². The van der Waals surface area contributed by atoms with Crippen LogP contribution in [0.1, 0.15) is 56.3 Å². The Kier molecular flexibility index (Phi) is 8.36. The lowest BCUT2D eigenvalue weighted by atomic mass is 9.97. The Labute approximate surface area is 233 Å². The lowest BCUT2D eigenvalue weighted by Gasteiger charge is -2.22. The van der Waals surface area contributed by atoms with Gasteiger partial charge in [-0.15, -0.1) is 11.8 Å². The molecule has 0 saturated carbocycles. The smallest absolute Gasteiger partial charge is 0.312 e. The molecule has 1 aromatic heterocycles. The second-order valence-corrected chi connectivity index (χ2v) is 12.1. The van der Waals surface area contributed by atoms with Gasteiger partial charge in [0.2, 0.25) is 5.88 Å². The lowest BCUT2D eigenvalue weighted by Crippen LogP contribution is -2.30. The van der Waals surface area contributed by atoms with Crippen LogP contribution in [0.3, 0.4) is 0 Å². The average Bonchev–Trinajstić information content (AvgIpc) is 3.36. The zero-order valence-electron chi connectivity index (χ0n) is 22.2. The molecule has 0 spiro atoms. The fraction of sp³-hybridized carbons (Fsp3) is 0.355. The highest BCUT2D eigenvalue weighted by molar-refractivity contribution is 7.91. The molecule has 2 aliphatic rings. The molecule has 1 fully saturated rings. The number of rotatable bonds is 8. The lowest BCUT2D eigenvalue weighted by molar-refractivity contribution is -0.134. The Bertz CT molecular complexity index is 1540. The Hall–Kier alpha value is -3.90. The van der Waals surface area contributed by atoms with Crippen molar-refractivity contribution in [3.63, 3.8) is 0 Å². The van der Waals surface area contributed by atoms with Crippen molar-refractivity contribution in [2.24, 2.45) is 0 Å². The van der Waals surface area contributed by atoms with Crippen LogP contribution in [0.4, 0.5) is 4.39 Å². The van der Waals surface area contributed by atoms with Gasteiger partial charge >= 0.3 is 5.97 Å². The highest BCUT2D eigenvalue weighted by Gasteiger charge is 2.31. The summed E-state index contributed by atoms with van der Waals surface area (Å²) in [5.41, 5.74) is 3.02. The maximum absolute atomic E-state index is 15.1. The summed E-state index contributed by atoms with van der Waals surface area (Å²) in [6.07, 6.45) is 3.63. The first kappa shape index (κ1) is 27.7. The number of esters is 1. The van der Waals surface area contributed by atoms with Crippen LogP contribution in [0.15, 0.2) is 54.7 Å². The van der Waals surface area contributed by atoms with E-state index in [1.807, 2.05) is 6.07 Å². The summed E-state index contributed by atoms with van der Waals surface area (Å²) >= 11 is 0. The second-order valence-electron chi connectivity index (χ2n) is 9.83. The Balaban J connectivity index is 1.31. The summed E-state index contributed by atoms with van der Waals surface area (Å²) in [4.78, 5) is 16.7. The van der Waals surface area contributed by atoms with Gasteiger partial charge in [-0.25, -0.2) is 17.8 Å². The number of aromatic nitrogens is 1. The molecule has 7 nitrogen and oxygen atoms in total. The minimum atomic E-state index is -2.96. The van der Waals surface area contributed by atoms with E-state index in [2.05, 4.69) is 16.8 Å². The van der Waals surface area contributed by atoms with Gasteiger partial charge in [0.1, 0.15) is 18.0 Å².